The summed E-state index contributed by atoms with van der Waals surface area (Å²) in [6.45, 7) is 1.62. The Kier molecular flexibility index (Phi) is 4.65. The molecule has 0 aliphatic heterocycles. The van der Waals surface area contributed by atoms with E-state index in [1.807, 2.05) is 6.07 Å². The fourth-order valence-corrected chi connectivity index (χ4v) is 3.09. The Bertz CT molecular complexity index is 1110. The van der Waals surface area contributed by atoms with Crippen molar-refractivity contribution < 1.29 is 23.8 Å². The molecule has 0 atom stereocenters. The highest BCUT2D eigenvalue weighted by Gasteiger charge is 2.23. The molecule has 1 N–H and O–H groups in total. The smallest absolute Gasteiger partial charge is 0.307 e. The van der Waals surface area contributed by atoms with Gasteiger partial charge in [-0.05, 0) is 42.8 Å². The van der Waals surface area contributed by atoms with Crippen LogP contribution in [0.25, 0.3) is 10.9 Å². The lowest BCUT2D eigenvalue weighted by Gasteiger charge is -2.08. The van der Waals surface area contributed by atoms with E-state index in [1.54, 1.807) is 6.92 Å². The first-order valence-corrected chi connectivity index (χ1v) is 8.01. The van der Waals surface area contributed by atoms with Gasteiger partial charge in [0.2, 0.25) is 0 Å². The highest BCUT2D eigenvalue weighted by molar-refractivity contribution is 6.05. The Labute approximate surface area is 154 Å². The summed E-state index contributed by atoms with van der Waals surface area (Å²) < 4.78 is 20.5. The van der Waals surface area contributed by atoms with Crippen molar-refractivity contribution in [1.29, 1.82) is 5.26 Å². The molecule has 0 aliphatic carbocycles. The summed E-state index contributed by atoms with van der Waals surface area (Å²) in [7, 11) is 1.31. The molecule has 3 rings (SSSR count). The SMILES string of the molecule is COc1cc2c(CC(=O)O)c(C)n(C(=O)c3ccc(C#N)cc3)c2cc1F. The van der Waals surface area contributed by atoms with Crippen LogP contribution in [0.5, 0.6) is 5.75 Å². The first-order valence-electron chi connectivity index (χ1n) is 8.01. The van der Waals surface area contributed by atoms with Crippen molar-refractivity contribution in [2.45, 2.75) is 13.3 Å². The van der Waals surface area contributed by atoms with Crippen LogP contribution < -0.4 is 4.74 Å². The number of hydrogen-bond acceptors (Lipinski definition) is 4. The van der Waals surface area contributed by atoms with Crippen molar-refractivity contribution in [1.82, 2.24) is 4.57 Å². The fraction of sp³-hybridized carbons (Fsp3) is 0.150. The standard InChI is InChI=1S/C20H15FN2O4/c1-11-14(8-19(24)25)15-7-18(27-2)16(21)9-17(15)23(11)20(26)13-5-3-12(10-22)4-6-13/h3-7,9H,8H2,1-2H3,(H,24,25). The Balaban J connectivity index is 2.26. The third-order valence-electron chi connectivity index (χ3n) is 4.40. The summed E-state index contributed by atoms with van der Waals surface area (Å²) >= 11 is 0. The number of aliphatic carboxylic acids is 1. The van der Waals surface area contributed by atoms with Crippen LogP contribution in [0.1, 0.15) is 27.2 Å². The summed E-state index contributed by atoms with van der Waals surface area (Å²) in [6.07, 6.45) is -0.315. The number of nitrogens with zero attached hydrogens (tertiary/aromatic N) is 2. The largest absolute Gasteiger partial charge is 0.494 e. The zero-order valence-corrected chi connectivity index (χ0v) is 14.6. The molecular formula is C20H15FN2O4. The predicted molar refractivity (Wildman–Crippen MR) is 95.4 cm³/mol. The summed E-state index contributed by atoms with van der Waals surface area (Å²) in [5.74, 6) is -2.19. The first-order chi connectivity index (χ1) is 12.9. The molecule has 0 bridgehead atoms. The second-order valence-corrected chi connectivity index (χ2v) is 5.97. The maximum absolute atomic E-state index is 14.3. The zero-order valence-electron chi connectivity index (χ0n) is 14.6. The van der Waals surface area contributed by atoms with Crippen LogP contribution >= 0.6 is 0 Å². The number of aromatic nitrogens is 1. The summed E-state index contributed by atoms with van der Waals surface area (Å²) in [6, 6.07) is 10.6. The van der Waals surface area contributed by atoms with Crippen molar-refractivity contribution >= 4 is 22.8 Å². The van der Waals surface area contributed by atoms with E-state index in [0.29, 0.717) is 27.8 Å². The van der Waals surface area contributed by atoms with Crippen molar-refractivity contribution in [2.24, 2.45) is 0 Å². The Hall–Kier alpha value is -3.66. The van der Waals surface area contributed by atoms with Gasteiger partial charge in [-0.1, -0.05) is 0 Å². The topological polar surface area (TPSA) is 92.3 Å². The summed E-state index contributed by atoms with van der Waals surface area (Å²) in [4.78, 5) is 24.3. The molecule has 2 aromatic carbocycles. The molecule has 3 aromatic rings. The summed E-state index contributed by atoms with van der Waals surface area (Å²) in [5.41, 5.74) is 1.79. The maximum atomic E-state index is 14.3. The van der Waals surface area contributed by atoms with Crippen LogP contribution in [0.3, 0.4) is 0 Å². The summed E-state index contributed by atoms with van der Waals surface area (Å²) in [5, 5.41) is 18.6. The van der Waals surface area contributed by atoms with Crippen LogP contribution in [0.4, 0.5) is 4.39 Å². The first kappa shape index (κ1) is 18.1. The van der Waals surface area contributed by atoms with Crippen LogP contribution in [0, 0.1) is 24.1 Å². The van der Waals surface area contributed by atoms with Gasteiger partial charge in [-0.15, -0.1) is 0 Å². The minimum Gasteiger partial charge on any atom is -0.494 e. The van der Waals surface area contributed by atoms with Crippen molar-refractivity contribution in [2.75, 3.05) is 7.11 Å². The molecule has 0 radical (unpaired) electrons. The van der Waals surface area contributed by atoms with Crippen molar-refractivity contribution in [3.05, 3.63) is 64.6 Å². The molecule has 6 nitrogen and oxygen atoms in total. The second-order valence-electron chi connectivity index (χ2n) is 5.97. The average molecular weight is 366 g/mol. The number of carbonyl (C=O) groups excluding carboxylic acids is 1. The zero-order chi connectivity index (χ0) is 19.7. The van der Waals surface area contributed by atoms with Crippen LogP contribution in [-0.2, 0) is 11.2 Å². The molecule has 1 aromatic heterocycles. The molecule has 27 heavy (non-hydrogen) atoms. The lowest BCUT2D eigenvalue weighted by Crippen LogP contribution is -2.14. The average Bonchev–Trinajstić information content (AvgIpc) is 2.91. The molecule has 0 spiro atoms. The van der Waals surface area contributed by atoms with E-state index in [4.69, 9.17) is 10.00 Å². The molecule has 0 saturated carbocycles. The number of halogens is 1. The van der Waals surface area contributed by atoms with Crippen LogP contribution in [-0.4, -0.2) is 28.7 Å². The van der Waals surface area contributed by atoms with E-state index >= 15 is 0 Å². The molecule has 0 fully saturated rings. The van der Waals surface area contributed by atoms with E-state index in [0.717, 1.165) is 6.07 Å². The fourth-order valence-electron chi connectivity index (χ4n) is 3.09. The van der Waals surface area contributed by atoms with Gasteiger partial charge in [0, 0.05) is 22.7 Å². The number of carboxylic acid groups (broad SMARTS) is 1. The van der Waals surface area contributed by atoms with Gasteiger partial charge in [-0.25, -0.2) is 4.39 Å². The molecule has 0 aliphatic rings. The van der Waals surface area contributed by atoms with Gasteiger partial charge in [-0.2, -0.15) is 5.26 Å². The highest BCUT2D eigenvalue weighted by Crippen LogP contribution is 2.32. The van der Waals surface area contributed by atoms with E-state index in [1.165, 1.54) is 42.0 Å². The number of carbonyl (C=O) groups is 2. The molecule has 7 heteroatoms. The number of fused-ring (bicyclic) bond motifs is 1. The number of ether oxygens (including phenoxy) is 1. The van der Waals surface area contributed by atoms with Gasteiger partial charge in [0.05, 0.1) is 30.7 Å². The number of benzene rings is 2. The molecule has 1 heterocycles. The number of carboxylic acids is 1. The van der Waals surface area contributed by atoms with Gasteiger partial charge in [0.25, 0.3) is 5.91 Å². The maximum Gasteiger partial charge on any atom is 0.307 e. The predicted octanol–water partition coefficient (Wildman–Crippen LogP) is 3.28. The third kappa shape index (κ3) is 3.13. The number of rotatable bonds is 4. The molecule has 0 amide bonds. The second kappa shape index (κ2) is 6.92. The van der Waals surface area contributed by atoms with E-state index in [2.05, 4.69) is 0 Å². The number of hydrogen-bond donors (Lipinski definition) is 1. The van der Waals surface area contributed by atoms with Crippen molar-refractivity contribution in [3.8, 4) is 11.8 Å². The molecule has 0 unspecified atom stereocenters. The lowest BCUT2D eigenvalue weighted by atomic mass is 10.1. The Morgan fingerprint density at radius 3 is 2.48 bits per heavy atom. The van der Waals surface area contributed by atoms with Gasteiger partial charge < -0.3 is 9.84 Å². The van der Waals surface area contributed by atoms with Gasteiger partial charge >= 0.3 is 5.97 Å². The molecule has 0 saturated heterocycles. The van der Waals surface area contributed by atoms with Gasteiger partial charge in [-0.3, -0.25) is 14.2 Å². The number of nitriles is 1. The Morgan fingerprint density at radius 2 is 1.93 bits per heavy atom. The van der Waals surface area contributed by atoms with E-state index in [9.17, 15) is 19.1 Å². The normalized spacial score (nSPS) is 10.6. The lowest BCUT2D eigenvalue weighted by molar-refractivity contribution is -0.136. The molecular weight excluding hydrogens is 351 g/mol. The van der Waals surface area contributed by atoms with E-state index in [-0.39, 0.29) is 17.7 Å². The monoisotopic (exact) mass is 366 g/mol. The van der Waals surface area contributed by atoms with E-state index < -0.39 is 17.7 Å². The van der Waals surface area contributed by atoms with Gasteiger partial charge in [0.15, 0.2) is 11.6 Å². The Morgan fingerprint density at radius 1 is 1.26 bits per heavy atom. The number of methoxy groups -OCH3 is 1. The minimum absolute atomic E-state index is 0.0305. The third-order valence-corrected chi connectivity index (χ3v) is 4.40. The van der Waals surface area contributed by atoms with Crippen molar-refractivity contribution in [3.63, 3.8) is 0 Å². The molecule has 136 valence electrons. The van der Waals surface area contributed by atoms with Gasteiger partial charge in [0.1, 0.15) is 0 Å². The van der Waals surface area contributed by atoms with Crippen LogP contribution in [0.15, 0.2) is 36.4 Å². The highest BCUT2D eigenvalue weighted by atomic mass is 19.1. The van der Waals surface area contributed by atoms with Crippen LogP contribution in [0.2, 0.25) is 0 Å². The quantitative estimate of drug-likeness (QED) is 0.765. The minimum atomic E-state index is -1.06.